The van der Waals surface area contributed by atoms with Gasteiger partial charge in [0.1, 0.15) is 11.8 Å². The lowest BCUT2D eigenvalue weighted by Gasteiger charge is -2.10. The van der Waals surface area contributed by atoms with Crippen LogP contribution in [-0.2, 0) is 22.4 Å². The molecule has 0 aliphatic carbocycles. The van der Waals surface area contributed by atoms with Crippen molar-refractivity contribution >= 4 is 17.4 Å². The molecule has 134 valence electrons. The van der Waals surface area contributed by atoms with E-state index in [0.717, 1.165) is 12.0 Å². The maximum absolute atomic E-state index is 12.3. The van der Waals surface area contributed by atoms with Crippen LogP contribution in [0.4, 0.5) is 0 Å². The number of nitrogens with zero attached hydrogens (tertiary/aromatic N) is 1. The van der Waals surface area contributed by atoms with E-state index in [0.29, 0.717) is 31.5 Å². The molecule has 0 fully saturated rings. The van der Waals surface area contributed by atoms with Gasteiger partial charge in [-0.3, -0.25) is 15.0 Å². The Morgan fingerprint density at radius 1 is 0.962 bits per heavy atom. The Morgan fingerprint density at radius 3 is 2.23 bits per heavy atom. The van der Waals surface area contributed by atoms with Crippen molar-refractivity contribution in [3.05, 3.63) is 71.8 Å². The summed E-state index contributed by atoms with van der Waals surface area (Å²) >= 11 is 0. The molecule has 2 aromatic rings. The van der Waals surface area contributed by atoms with Gasteiger partial charge < -0.3 is 5.32 Å². The largest absolute Gasteiger partial charge is 0.354 e. The van der Waals surface area contributed by atoms with Gasteiger partial charge in [-0.15, -0.1) is 0 Å². The fourth-order valence-electron chi connectivity index (χ4n) is 2.91. The maximum atomic E-state index is 12.3. The second-order valence-electron chi connectivity index (χ2n) is 6.38. The van der Waals surface area contributed by atoms with Gasteiger partial charge in [-0.25, -0.2) is 0 Å². The van der Waals surface area contributed by atoms with E-state index in [-0.39, 0.29) is 11.7 Å². The minimum absolute atomic E-state index is 0.000869. The first-order chi connectivity index (χ1) is 12.7. The van der Waals surface area contributed by atoms with Gasteiger partial charge in [0.2, 0.25) is 5.91 Å². The summed E-state index contributed by atoms with van der Waals surface area (Å²) < 4.78 is 0. The number of benzene rings is 2. The standard InChI is InChI=1S/C21H23N3O2/c25-20(12-11-16-7-3-1-4-8-16)18-15-19(24-23-18)21(26)22-14-13-17-9-5-2-6-10-17/h1-10,19,24H,11-15H2,(H,22,26). The molecule has 0 saturated heterocycles. The molecule has 2 aromatic carbocycles. The van der Waals surface area contributed by atoms with Crippen molar-refractivity contribution in [2.75, 3.05) is 6.54 Å². The molecule has 0 spiro atoms. The van der Waals surface area contributed by atoms with E-state index in [1.165, 1.54) is 5.56 Å². The number of hydrazone groups is 1. The Balaban J connectivity index is 1.39. The first kappa shape index (κ1) is 17.9. The number of amides is 1. The zero-order valence-electron chi connectivity index (χ0n) is 14.7. The van der Waals surface area contributed by atoms with Crippen LogP contribution in [0.5, 0.6) is 0 Å². The number of hydrogen-bond acceptors (Lipinski definition) is 4. The van der Waals surface area contributed by atoms with Crippen LogP contribution < -0.4 is 10.7 Å². The van der Waals surface area contributed by atoms with E-state index in [4.69, 9.17) is 0 Å². The lowest BCUT2D eigenvalue weighted by molar-refractivity contribution is -0.122. The number of ketones is 1. The van der Waals surface area contributed by atoms with E-state index in [1.54, 1.807) is 0 Å². The third-order valence-corrected chi connectivity index (χ3v) is 4.43. The van der Waals surface area contributed by atoms with Crippen molar-refractivity contribution < 1.29 is 9.59 Å². The van der Waals surface area contributed by atoms with E-state index < -0.39 is 6.04 Å². The number of Topliss-reactive ketones (excluding diaryl/α,β-unsaturated/α-hetero) is 1. The van der Waals surface area contributed by atoms with E-state index in [9.17, 15) is 9.59 Å². The zero-order chi connectivity index (χ0) is 18.2. The van der Waals surface area contributed by atoms with Crippen LogP contribution in [0.2, 0.25) is 0 Å². The lowest BCUT2D eigenvalue weighted by atomic mass is 10.0. The Morgan fingerprint density at radius 2 is 1.58 bits per heavy atom. The number of hydrogen-bond donors (Lipinski definition) is 2. The highest BCUT2D eigenvalue weighted by atomic mass is 16.2. The Kier molecular flexibility index (Phi) is 6.14. The molecule has 1 heterocycles. The Hall–Kier alpha value is -2.95. The third-order valence-electron chi connectivity index (χ3n) is 4.43. The fraction of sp³-hybridized carbons (Fsp3) is 0.286. The van der Waals surface area contributed by atoms with E-state index >= 15 is 0 Å². The number of carbonyl (C=O) groups is 2. The van der Waals surface area contributed by atoms with Gasteiger partial charge in [-0.1, -0.05) is 60.7 Å². The molecule has 0 bridgehead atoms. The van der Waals surface area contributed by atoms with Gasteiger partial charge >= 0.3 is 0 Å². The number of rotatable bonds is 8. The van der Waals surface area contributed by atoms with Crippen LogP contribution in [0.15, 0.2) is 65.8 Å². The molecule has 1 atom stereocenters. The summed E-state index contributed by atoms with van der Waals surface area (Å²) in [6, 6.07) is 19.4. The van der Waals surface area contributed by atoms with Gasteiger partial charge in [0.15, 0.2) is 5.78 Å². The average molecular weight is 349 g/mol. The molecule has 0 radical (unpaired) electrons. The van der Waals surface area contributed by atoms with Gasteiger partial charge in [0, 0.05) is 19.4 Å². The molecule has 1 aliphatic rings. The molecular formula is C21H23N3O2. The molecule has 3 rings (SSSR count). The van der Waals surface area contributed by atoms with E-state index in [1.807, 2.05) is 60.7 Å². The van der Waals surface area contributed by atoms with Crippen LogP contribution in [-0.4, -0.2) is 30.0 Å². The summed E-state index contributed by atoms with van der Waals surface area (Å²) in [5.41, 5.74) is 5.56. The third kappa shape index (κ3) is 5.02. The van der Waals surface area contributed by atoms with Crippen molar-refractivity contribution in [1.82, 2.24) is 10.7 Å². The molecule has 5 nitrogen and oxygen atoms in total. The normalized spacial score (nSPS) is 15.8. The monoisotopic (exact) mass is 349 g/mol. The van der Waals surface area contributed by atoms with Crippen LogP contribution in [0, 0.1) is 0 Å². The first-order valence-electron chi connectivity index (χ1n) is 8.93. The molecule has 2 N–H and O–H groups in total. The van der Waals surface area contributed by atoms with Gasteiger partial charge in [-0.05, 0) is 24.0 Å². The van der Waals surface area contributed by atoms with Crippen LogP contribution in [0.3, 0.4) is 0 Å². The highest BCUT2D eigenvalue weighted by Gasteiger charge is 2.28. The minimum atomic E-state index is -0.457. The predicted molar refractivity (Wildman–Crippen MR) is 102 cm³/mol. The van der Waals surface area contributed by atoms with Gasteiger partial charge in [-0.2, -0.15) is 5.10 Å². The van der Waals surface area contributed by atoms with Crippen molar-refractivity contribution in [3.8, 4) is 0 Å². The lowest BCUT2D eigenvalue weighted by Crippen LogP contribution is -2.41. The maximum Gasteiger partial charge on any atom is 0.244 e. The van der Waals surface area contributed by atoms with Crippen molar-refractivity contribution in [3.63, 3.8) is 0 Å². The summed E-state index contributed by atoms with van der Waals surface area (Å²) in [6.07, 6.45) is 2.23. The number of nitrogens with one attached hydrogen (secondary N) is 2. The quantitative estimate of drug-likeness (QED) is 0.768. The molecule has 26 heavy (non-hydrogen) atoms. The highest BCUT2D eigenvalue weighted by molar-refractivity contribution is 6.40. The number of carbonyl (C=O) groups excluding carboxylic acids is 2. The summed E-state index contributed by atoms with van der Waals surface area (Å²) in [5.74, 6) is -0.114. The zero-order valence-corrected chi connectivity index (χ0v) is 14.7. The molecular weight excluding hydrogens is 326 g/mol. The molecule has 5 heteroatoms. The van der Waals surface area contributed by atoms with Gasteiger partial charge in [0.05, 0.1) is 0 Å². The van der Waals surface area contributed by atoms with Gasteiger partial charge in [0.25, 0.3) is 0 Å². The Bertz CT molecular complexity index is 772. The molecule has 0 saturated carbocycles. The van der Waals surface area contributed by atoms with E-state index in [2.05, 4.69) is 15.8 Å². The molecule has 1 unspecified atom stereocenters. The van der Waals surface area contributed by atoms with Crippen molar-refractivity contribution in [2.45, 2.75) is 31.7 Å². The Labute approximate surface area is 153 Å². The second kappa shape index (κ2) is 8.94. The number of aryl methyl sites for hydroxylation is 1. The fourth-order valence-corrected chi connectivity index (χ4v) is 2.91. The summed E-state index contributed by atoms with van der Waals surface area (Å²) in [4.78, 5) is 24.5. The van der Waals surface area contributed by atoms with Crippen molar-refractivity contribution in [2.24, 2.45) is 5.10 Å². The van der Waals surface area contributed by atoms with Crippen LogP contribution >= 0.6 is 0 Å². The molecule has 0 aromatic heterocycles. The topological polar surface area (TPSA) is 70.6 Å². The summed E-state index contributed by atoms with van der Waals surface area (Å²) in [7, 11) is 0. The summed E-state index contributed by atoms with van der Waals surface area (Å²) in [6.45, 7) is 0.568. The smallest absolute Gasteiger partial charge is 0.244 e. The van der Waals surface area contributed by atoms with Crippen molar-refractivity contribution in [1.29, 1.82) is 0 Å². The van der Waals surface area contributed by atoms with Crippen LogP contribution in [0.25, 0.3) is 0 Å². The predicted octanol–water partition coefficient (Wildman–Crippen LogP) is 2.27. The molecule has 1 aliphatic heterocycles. The SMILES string of the molecule is O=C(CCc1ccccc1)C1=NNC(C(=O)NCCc2ccccc2)C1. The average Bonchev–Trinajstić information content (AvgIpc) is 3.18. The van der Waals surface area contributed by atoms with Crippen LogP contribution in [0.1, 0.15) is 24.0 Å². The summed E-state index contributed by atoms with van der Waals surface area (Å²) in [5, 5.41) is 6.98. The highest BCUT2D eigenvalue weighted by Crippen LogP contribution is 2.09. The minimum Gasteiger partial charge on any atom is -0.354 e. The second-order valence-corrected chi connectivity index (χ2v) is 6.38. The molecule has 1 amide bonds. The first-order valence-corrected chi connectivity index (χ1v) is 8.93.